The van der Waals surface area contributed by atoms with E-state index < -0.39 is 5.67 Å². The summed E-state index contributed by atoms with van der Waals surface area (Å²) in [6.45, 7) is 1.93. The molecule has 1 aliphatic rings. The minimum absolute atomic E-state index is 0.0117. The third-order valence-corrected chi connectivity index (χ3v) is 2.68. The van der Waals surface area contributed by atoms with Crippen LogP contribution in [0.4, 0.5) is 4.39 Å². The highest BCUT2D eigenvalue weighted by molar-refractivity contribution is 5.43. The standard InChI is InChI=1S/C13H13FO/c1-10-6-8-13(14,9-7-10)11-4-2-3-5-12(11)15/h2-8,15H,9H2,1H3. The number of aromatic hydroxyl groups is 1. The van der Waals surface area contributed by atoms with E-state index in [0.29, 0.717) is 5.56 Å². The third kappa shape index (κ3) is 1.80. The second-order valence-electron chi connectivity index (χ2n) is 3.87. The number of phenols is 1. The van der Waals surface area contributed by atoms with Crippen molar-refractivity contribution in [3.63, 3.8) is 0 Å². The zero-order valence-electron chi connectivity index (χ0n) is 8.57. The van der Waals surface area contributed by atoms with Crippen LogP contribution in [-0.2, 0) is 5.67 Å². The molecule has 0 radical (unpaired) electrons. The van der Waals surface area contributed by atoms with Gasteiger partial charge in [0, 0.05) is 12.0 Å². The van der Waals surface area contributed by atoms with Gasteiger partial charge in [0.25, 0.3) is 0 Å². The highest BCUT2D eigenvalue weighted by Gasteiger charge is 2.31. The predicted octanol–water partition coefficient (Wildman–Crippen LogP) is 3.46. The maximum Gasteiger partial charge on any atom is 0.161 e. The van der Waals surface area contributed by atoms with Gasteiger partial charge in [0.05, 0.1) is 0 Å². The largest absolute Gasteiger partial charge is 0.508 e. The van der Waals surface area contributed by atoms with E-state index in [2.05, 4.69) is 0 Å². The Hall–Kier alpha value is -1.57. The van der Waals surface area contributed by atoms with Crippen LogP contribution in [-0.4, -0.2) is 5.11 Å². The number of phenolic OH excluding ortho intramolecular Hbond substituents is 1. The van der Waals surface area contributed by atoms with Crippen LogP contribution in [0.25, 0.3) is 0 Å². The predicted molar refractivity (Wildman–Crippen MR) is 58.4 cm³/mol. The molecule has 0 saturated carbocycles. The number of alkyl halides is 1. The molecule has 15 heavy (non-hydrogen) atoms. The van der Waals surface area contributed by atoms with E-state index in [0.717, 1.165) is 5.57 Å². The lowest BCUT2D eigenvalue weighted by atomic mass is 9.87. The molecule has 2 heteroatoms. The number of rotatable bonds is 1. The van der Waals surface area contributed by atoms with Crippen molar-refractivity contribution in [3.8, 4) is 5.75 Å². The molecule has 1 aromatic rings. The summed E-state index contributed by atoms with van der Waals surface area (Å²) in [5, 5.41) is 9.60. The Bertz CT molecular complexity index is 434. The van der Waals surface area contributed by atoms with Crippen molar-refractivity contribution < 1.29 is 9.50 Å². The van der Waals surface area contributed by atoms with E-state index in [1.165, 1.54) is 12.1 Å². The first kappa shape index (κ1) is 9.97. The van der Waals surface area contributed by atoms with Gasteiger partial charge >= 0.3 is 0 Å². The quantitative estimate of drug-likeness (QED) is 0.742. The van der Waals surface area contributed by atoms with Crippen molar-refractivity contribution in [1.82, 2.24) is 0 Å². The molecule has 0 heterocycles. The molecule has 0 fully saturated rings. The first-order valence-corrected chi connectivity index (χ1v) is 4.95. The van der Waals surface area contributed by atoms with Crippen molar-refractivity contribution in [1.29, 1.82) is 0 Å². The fraction of sp³-hybridized carbons (Fsp3) is 0.231. The summed E-state index contributed by atoms with van der Waals surface area (Å²) in [6.07, 6.45) is 5.38. The molecule has 0 saturated heterocycles. The minimum Gasteiger partial charge on any atom is -0.508 e. The van der Waals surface area contributed by atoms with Crippen LogP contribution in [0.5, 0.6) is 5.75 Å². The van der Waals surface area contributed by atoms with E-state index in [4.69, 9.17) is 0 Å². The van der Waals surface area contributed by atoms with E-state index >= 15 is 0 Å². The van der Waals surface area contributed by atoms with Crippen LogP contribution < -0.4 is 0 Å². The average Bonchev–Trinajstić information content (AvgIpc) is 2.23. The Labute approximate surface area is 88.6 Å². The zero-order chi connectivity index (χ0) is 10.9. The molecule has 0 aromatic heterocycles. The Kier molecular flexibility index (Phi) is 2.35. The van der Waals surface area contributed by atoms with Gasteiger partial charge in [0.2, 0.25) is 0 Å². The summed E-state index contributed by atoms with van der Waals surface area (Å²) < 4.78 is 14.4. The number of hydrogen-bond acceptors (Lipinski definition) is 1. The molecular weight excluding hydrogens is 191 g/mol. The molecule has 78 valence electrons. The van der Waals surface area contributed by atoms with Crippen molar-refractivity contribution >= 4 is 0 Å². The number of halogens is 1. The molecule has 1 aliphatic carbocycles. The molecule has 1 atom stereocenters. The second kappa shape index (κ2) is 3.54. The summed E-state index contributed by atoms with van der Waals surface area (Å²) in [6, 6.07) is 6.55. The van der Waals surface area contributed by atoms with Gasteiger partial charge in [-0.1, -0.05) is 35.9 Å². The van der Waals surface area contributed by atoms with E-state index in [1.807, 2.05) is 13.0 Å². The van der Waals surface area contributed by atoms with Gasteiger partial charge in [-0.05, 0) is 19.1 Å². The lowest BCUT2D eigenvalue weighted by Gasteiger charge is -2.24. The van der Waals surface area contributed by atoms with Crippen LogP contribution >= 0.6 is 0 Å². The number of para-hydroxylation sites is 1. The van der Waals surface area contributed by atoms with Crippen LogP contribution in [0.3, 0.4) is 0 Å². The van der Waals surface area contributed by atoms with Crippen LogP contribution in [0.1, 0.15) is 18.9 Å². The topological polar surface area (TPSA) is 20.2 Å². The molecule has 1 unspecified atom stereocenters. The summed E-state index contributed by atoms with van der Waals surface area (Å²) >= 11 is 0. The summed E-state index contributed by atoms with van der Waals surface area (Å²) in [7, 11) is 0. The molecule has 1 nitrogen and oxygen atoms in total. The van der Waals surface area contributed by atoms with Crippen LogP contribution in [0.2, 0.25) is 0 Å². The molecule has 0 bridgehead atoms. The third-order valence-electron chi connectivity index (χ3n) is 2.68. The maximum absolute atomic E-state index is 14.4. The Morgan fingerprint density at radius 1 is 1.33 bits per heavy atom. The molecule has 0 aliphatic heterocycles. The van der Waals surface area contributed by atoms with Gasteiger partial charge in [-0.25, -0.2) is 4.39 Å². The Morgan fingerprint density at radius 2 is 2.07 bits per heavy atom. The number of hydrogen-bond donors (Lipinski definition) is 1. The fourth-order valence-corrected chi connectivity index (χ4v) is 1.73. The van der Waals surface area contributed by atoms with Crippen LogP contribution in [0.15, 0.2) is 48.1 Å². The Balaban J connectivity index is 2.40. The molecule has 2 rings (SSSR count). The van der Waals surface area contributed by atoms with Crippen molar-refractivity contribution in [2.24, 2.45) is 0 Å². The molecule has 1 N–H and O–H groups in total. The van der Waals surface area contributed by atoms with E-state index in [9.17, 15) is 9.50 Å². The van der Waals surface area contributed by atoms with Crippen molar-refractivity contribution in [2.75, 3.05) is 0 Å². The lowest BCUT2D eigenvalue weighted by molar-refractivity contribution is 0.228. The first-order valence-electron chi connectivity index (χ1n) is 4.95. The SMILES string of the molecule is CC1=CCC(F)(c2ccccc2O)C=C1. The summed E-state index contributed by atoms with van der Waals surface area (Å²) in [4.78, 5) is 0. The highest BCUT2D eigenvalue weighted by Crippen LogP contribution is 2.39. The Morgan fingerprint density at radius 3 is 2.67 bits per heavy atom. The zero-order valence-corrected chi connectivity index (χ0v) is 8.57. The van der Waals surface area contributed by atoms with Gasteiger partial charge in [0.1, 0.15) is 5.75 Å². The van der Waals surface area contributed by atoms with Gasteiger partial charge in [-0.15, -0.1) is 0 Å². The summed E-state index contributed by atoms with van der Waals surface area (Å²) in [5.41, 5.74) is -0.172. The first-order chi connectivity index (χ1) is 7.12. The fourth-order valence-electron chi connectivity index (χ4n) is 1.73. The van der Waals surface area contributed by atoms with Gasteiger partial charge in [0.15, 0.2) is 5.67 Å². The molecule has 1 aromatic carbocycles. The molecular formula is C13H13FO. The highest BCUT2D eigenvalue weighted by atomic mass is 19.1. The lowest BCUT2D eigenvalue weighted by Crippen LogP contribution is -2.18. The van der Waals surface area contributed by atoms with Gasteiger partial charge in [-0.2, -0.15) is 0 Å². The average molecular weight is 204 g/mol. The van der Waals surface area contributed by atoms with Crippen molar-refractivity contribution in [3.05, 3.63) is 53.6 Å². The number of benzene rings is 1. The van der Waals surface area contributed by atoms with Crippen molar-refractivity contribution in [2.45, 2.75) is 19.0 Å². The second-order valence-corrected chi connectivity index (χ2v) is 3.87. The molecule has 0 spiro atoms. The monoisotopic (exact) mass is 204 g/mol. The normalized spacial score (nSPS) is 25.1. The van der Waals surface area contributed by atoms with E-state index in [-0.39, 0.29) is 12.2 Å². The van der Waals surface area contributed by atoms with E-state index in [1.54, 1.807) is 24.3 Å². The molecule has 0 amide bonds. The van der Waals surface area contributed by atoms with Gasteiger partial charge in [-0.3, -0.25) is 0 Å². The summed E-state index contributed by atoms with van der Waals surface area (Å²) in [5.74, 6) is 0.0117. The smallest absolute Gasteiger partial charge is 0.161 e. The van der Waals surface area contributed by atoms with Crippen LogP contribution in [0, 0.1) is 0 Å². The minimum atomic E-state index is -1.56. The number of allylic oxidation sites excluding steroid dienone is 4. The maximum atomic E-state index is 14.4. The van der Waals surface area contributed by atoms with Gasteiger partial charge < -0.3 is 5.11 Å².